The maximum atomic E-state index is 12.7. The van der Waals surface area contributed by atoms with E-state index in [2.05, 4.69) is 5.32 Å². The average Bonchev–Trinajstić information content (AvgIpc) is 2.97. The molecule has 0 unspecified atom stereocenters. The molecule has 1 saturated heterocycles. The number of amides is 2. The van der Waals surface area contributed by atoms with Crippen LogP contribution in [-0.2, 0) is 15.8 Å². The topological polar surface area (TPSA) is 49.4 Å². The molecule has 2 aromatic carbocycles. The molecule has 1 N–H and O–H groups in total. The van der Waals surface area contributed by atoms with Gasteiger partial charge in [-0.05, 0) is 36.8 Å². The van der Waals surface area contributed by atoms with Crippen molar-refractivity contribution in [2.24, 2.45) is 0 Å². The van der Waals surface area contributed by atoms with E-state index < -0.39 is 17.1 Å². The fraction of sp³-hybridized carbons (Fsp3) is 0.263. The maximum absolute atomic E-state index is 12.7. The van der Waals surface area contributed by atoms with E-state index in [1.165, 1.54) is 28.8 Å². The molecule has 3 rings (SSSR count). The van der Waals surface area contributed by atoms with Crippen molar-refractivity contribution < 1.29 is 22.8 Å². The average molecular weight is 394 g/mol. The molecule has 2 aromatic rings. The van der Waals surface area contributed by atoms with Gasteiger partial charge in [-0.3, -0.25) is 9.59 Å². The molecule has 8 heteroatoms. The molecule has 4 nitrogen and oxygen atoms in total. The Hall–Kier alpha value is -2.48. The van der Waals surface area contributed by atoms with Crippen LogP contribution in [0, 0.1) is 6.92 Å². The van der Waals surface area contributed by atoms with E-state index >= 15 is 0 Å². The van der Waals surface area contributed by atoms with E-state index in [1.54, 1.807) is 12.1 Å². The molecule has 0 saturated carbocycles. The van der Waals surface area contributed by atoms with Gasteiger partial charge in [-0.2, -0.15) is 13.2 Å². The van der Waals surface area contributed by atoms with Gasteiger partial charge in [0.15, 0.2) is 0 Å². The number of alkyl halides is 3. The number of carbonyl (C=O) groups excluding carboxylic acids is 2. The number of nitrogens with one attached hydrogen (secondary N) is 1. The first kappa shape index (κ1) is 19.3. The van der Waals surface area contributed by atoms with Crippen LogP contribution in [0.25, 0.3) is 0 Å². The highest BCUT2D eigenvalue weighted by Crippen LogP contribution is 2.39. The summed E-state index contributed by atoms with van der Waals surface area (Å²) in [4.78, 5) is 25.8. The normalized spacial score (nSPS) is 17.3. The molecule has 2 amide bonds. The lowest BCUT2D eigenvalue weighted by Crippen LogP contribution is -2.36. The molecule has 0 aromatic heterocycles. The summed E-state index contributed by atoms with van der Waals surface area (Å²) in [5.74, 6) is -0.390. The van der Waals surface area contributed by atoms with Crippen LogP contribution in [0.2, 0.25) is 0 Å². The predicted molar refractivity (Wildman–Crippen MR) is 98.2 cm³/mol. The van der Waals surface area contributed by atoms with Gasteiger partial charge < -0.3 is 10.2 Å². The lowest BCUT2D eigenvalue weighted by atomic mass is 10.1. The molecule has 142 valence electrons. The van der Waals surface area contributed by atoms with Crippen LogP contribution in [-0.4, -0.2) is 29.0 Å². The Bertz CT molecular complexity index is 836. The summed E-state index contributed by atoms with van der Waals surface area (Å²) in [6.45, 7) is 1.77. The van der Waals surface area contributed by atoms with Crippen LogP contribution >= 0.6 is 11.8 Å². The number of rotatable bonds is 4. The van der Waals surface area contributed by atoms with Gasteiger partial charge >= 0.3 is 6.18 Å². The fourth-order valence-electron chi connectivity index (χ4n) is 2.73. The van der Waals surface area contributed by atoms with E-state index in [4.69, 9.17) is 0 Å². The number of carbonyl (C=O) groups is 2. The maximum Gasteiger partial charge on any atom is 0.416 e. The largest absolute Gasteiger partial charge is 0.416 e. The Morgan fingerprint density at radius 1 is 1.15 bits per heavy atom. The number of thioether (sulfide) groups is 1. The molecule has 1 fully saturated rings. The number of nitrogens with zero attached hydrogens (tertiary/aromatic N) is 1. The molecule has 1 heterocycles. The second-order valence-corrected chi connectivity index (χ2v) is 7.29. The van der Waals surface area contributed by atoms with Crippen LogP contribution in [0.15, 0.2) is 48.5 Å². The van der Waals surface area contributed by atoms with Gasteiger partial charge in [-0.1, -0.05) is 29.8 Å². The van der Waals surface area contributed by atoms with Crippen molar-refractivity contribution in [2.75, 3.05) is 17.6 Å². The summed E-state index contributed by atoms with van der Waals surface area (Å²) < 4.78 is 38.2. The highest BCUT2D eigenvalue weighted by atomic mass is 32.2. The van der Waals surface area contributed by atoms with Gasteiger partial charge in [0, 0.05) is 5.69 Å². The molecule has 0 radical (unpaired) electrons. The first-order chi connectivity index (χ1) is 12.7. The minimum atomic E-state index is -4.41. The van der Waals surface area contributed by atoms with Gasteiger partial charge in [0.25, 0.3) is 0 Å². The molecule has 1 atom stereocenters. The Morgan fingerprint density at radius 2 is 1.78 bits per heavy atom. The van der Waals surface area contributed by atoms with E-state index in [-0.39, 0.29) is 24.1 Å². The number of hydrogen-bond donors (Lipinski definition) is 1. The Labute approximate surface area is 158 Å². The van der Waals surface area contributed by atoms with Crippen LogP contribution in [0.4, 0.5) is 18.9 Å². The lowest BCUT2D eigenvalue weighted by Gasteiger charge is -2.24. The number of benzene rings is 2. The minimum absolute atomic E-state index is 0.161. The second kappa shape index (κ2) is 7.64. The third-order valence-electron chi connectivity index (χ3n) is 4.14. The third kappa shape index (κ3) is 4.63. The Balaban J connectivity index is 1.70. The van der Waals surface area contributed by atoms with Crippen molar-refractivity contribution >= 4 is 29.3 Å². The smallest absolute Gasteiger partial charge is 0.325 e. The third-order valence-corrected chi connectivity index (χ3v) is 5.40. The Morgan fingerprint density at radius 3 is 2.37 bits per heavy atom. The van der Waals surface area contributed by atoms with Crippen molar-refractivity contribution in [2.45, 2.75) is 18.5 Å². The number of aryl methyl sites for hydroxylation is 1. The fourth-order valence-corrected chi connectivity index (χ4v) is 3.92. The van der Waals surface area contributed by atoms with Crippen LogP contribution in [0.3, 0.4) is 0 Å². The number of halogens is 3. The van der Waals surface area contributed by atoms with Gasteiger partial charge in [0.2, 0.25) is 11.8 Å². The van der Waals surface area contributed by atoms with Crippen LogP contribution in [0.1, 0.15) is 22.1 Å². The minimum Gasteiger partial charge on any atom is -0.325 e. The molecular weight excluding hydrogens is 377 g/mol. The Kier molecular flexibility index (Phi) is 5.46. The van der Waals surface area contributed by atoms with Crippen molar-refractivity contribution in [1.82, 2.24) is 4.90 Å². The van der Waals surface area contributed by atoms with Crippen molar-refractivity contribution in [3.8, 4) is 0 Å². The zero-order valence-electron chi connectivity index (χ0n) is 14.4. The molecule has 1 aliphatic rings. The second-order valence-electron chi connectivity index (χ2n) is 6.22. The SMILES string of the molecule is Cc1ccc(NC(=O)CN2C(=O)CS[C@@H]2c2ccc(C(F)(F)F)cc2)cc1. The first-order valence-corrected chi connectivity index (χ1v) is 9.23. The molecule has 0 bridgehead atoms. The molecule has 27 heavy (non-hydrogen) atoms. The predicted octanol–water partition coefficient (Wildman–Crippen LogP) is 4.23. The van der Waals surface area contributed by atoms with Gasteiger partial charge in [0.1, 0.15) is 11.9 Å². The summed E-state index contributed by atoms with van der Waals surface area (Å²) in [5.41, 5.74) is 1.49. The zero-order chi connectivity index (χ0) is 19.6. The van der Waals surface area contributed by atoms with E-state index in [0.29, 0.717) is 11.3 Å². The highest BCUT2D eigenvalue weighted by molar-refractivity contribution is 8.00. The summed E-state index contributed by atoms with van der Waals surface area (Å²) in [7, 11) is 0. The molecule has 0 aliphatic carbocycles. The number of hydrogen-bond acceptors (Lipinski definition) is 3. The quantitative estimate of drug-likeness (QED) is 0.845. The molecule has 0 spiro atoms. The molecular formula is C19H17F3N2O2S. The summed E-state index contributed by atoms with van der Waals surface area (Å²) in [6.07, 6.45) is -4.41. The first-order valence-electron chi connectivity index (χ1n) is 8.19. The highest BCUT2D eigenvalue weighted by Gasteiger charge is 2.35. The van der Waals surface area contributed by atoms with Crippen molar-refractivity contribution in [3.63, 3.8) is 0 Å². The van der Waals surface area contributed by atoms with E-state index in [1.807, 2.05) is 19.1 Å². The van der Waals surface area contributed by atoms with Crippen molar-refractivity contribution in [1.29, 1.82) is 0 Å². The monoisotopic (exact) mass is 394 g/mol. The molecule has 1 aliphatic heterocycles. The summed E-state index contributed by atoms with van der Waals surface area (Å²) >= 11 is 1.29. The van der Waals surface area contributed by atoms with Crippen LogP contribution < -0.4 is 5.32 Å². The van der Waals surface area contributed by atoms with Gasteiger partial charge in [-0.25, -0.2) is 0 Å². The van der Waals surface area contributed by atoms with E-state index in [9.17, 15) is 22.8 Å². The summed E-state index contributed by atoms with van der Waals surface area (Å²) in [5, 5.41) is 2.24. The zero-order valence-corrected chi connectivity index (χ0v) is 15.2. The van der Waals surface area contributed by atoms with E-state index in [0.717, 1.165) is 17.7 Å². The van der Waals surface area contributed by atoms with Gasteiger partial charge in [0.05, 0.1) is 11.3 Å². The van der Waals surface area contributed by atoms with Crippen LogP contribution in [0.5, 0.6) is 0 Å². The van der Waals surface area contributed by atoms with Crippen molar-refractivity contribution in [3.05, 3.63) is 65.2 Å². The number of anilines is 1. The standard InChI is InChI=1S/C19H17F3N2O2S/c1-12-2-8-15(9-3-12)23-16(25)10-24-17(26)11-27-18(24)13-4-6-14(7-5-13)19(20,21)22/h2-9,18H,10-11H2,1H3,(H,23,25)/t18-/m1/s1. The van der Waals surface area contributed by atoms with Gasteiger partial charge in [-0.15, -0.1) is 11.8 Å². The summed E-state index contributed by atoms with van der Waals surface area (Å²) in [6, 6.07) is 11.9. The lowest BCUT2D eigenvalue weighted by molar-refractivity contribution is -0.137.